The van der Waals surface area contributed by atoms with Gasteiger partial charge in [0.2, 0.25) is 5.91 Å². The van der Waals surface area contributed by atoms with Gasteiger partial charge in [0.15, 0.2) is 6.10 Å². The molecule has 0 bridgehead atoms. The third kappa shape index (κ3) is 5.59. The highest BCUT2D eigenvalue weighted by atomic mass is 19.1. The molecular weight excluding hydrogens is 455 g/mol. The van der Waals surface area contributed by atoms with Crippen molar-refractivity contribution in [2.45, 2.75) is 53.2 Å². The number of halogens is 1. The zero-order valence-corrected chi connectivity index (χ0v) is 21.5. The van der Waals surface area contributed by atoms with E-state index in [4.69, 9.17) is 4.74 Å². The summed E-state index contributed by atoms with van der Waals surface area (Å²) in [5.74, 6) is -0.0919. The van der Waals surface area contributed by atoms with Crippen molar-refractivity contribution in [3.05, 3.63) is 94.8 Å². The molecule has 5 nitrogen and oxygen atoms in total. The number of ether oxygens (including phenoxy) is 1. The lowest BCUT2D eigenvalue weighted by Crippen LogP contribution is -2.45. The summed E-state index contributed by atoms with van der Waals surface area (Å²) >= 11 is 0. The topological polar surface area (TPSA) is 58.6 Å². The average Bonchev–Trinajstić information content (AvgIpc) is 2.83. The molecule has 1 aliphatic heterocycles. The van der Waals surface area contributed by atoms with Crippen molar-refractivity contribution in [1.82, 2.24) is 4.90 Å². The quantitative estimate of drug-likeness (QED) is 0.475. The van der Waals surface area contributed by atoms with Gasteiger partial charge in [-0.15, -0.1) is 0 Å². The standard InChI is InChI=1S/C30H33FN2O3/c1-19-9-12-24(13-10-19)32-28(34)20(2)36-25-14-11-21-15-16-33(29(35)30(3,4)5)27(26(21)18-25)22-7-6-8-23(31)17-22/h6-14,17-18,20,27H,15-16H2,1-5H3,(H,32,34)/t20-,27+/m0/s1. The molecule has 0 saturated carbocycles. The summed E-state index contributed by atoms with van der Waals surface area (Å²) < 4.78 is 20.2. The number of hydrogen-bond acceptors (Lipinski definition) is 3. The van der Waals surface area contributed by atoms with Gasteiger partial charge >= 0.3 is 0 Å². The Bertz CT molecular complexity index is 1260. The number of benzene rings is 3. The predicted molar refractivity (Wildman–Crippen MR) is 139 cm³/mol. The molecule has 1 aliphatic rings. The Morgan fingerprint density at radius 1 is 1.06 bits per heavy atom. The fourth-order valence-corrected chi connectivity index (χ4v) is 4.49. The first-order chi connectivity index (χ1) is 17.0. The summed E-state index contributed by atoms with van der Waals surface area (Å²) in [5.41, 5.74) is 3.89. The van der Waals surface area contributed by atoms with Crippen LogP contribution in [0.2, 0.25) is 0 Å². The molecule has 0 aliphatic carbocycles. The minimum absolute atomic E-state index is 0.000392. The highest BCUT2D eigenvalue weighted by molar-refractivity contribution is 5.94. The van der Waals surface area contributed by atoms with Crippen LogP contribution in [0.3, 0.4) is 0 Å². The van der Waals surface area contributed by atoms with E-state index in [9.17, 15) is 14.0 Å². The van der Waals surface area contributed by atoms with Crippen molar-refractivity contribution < 1.29 is 18.7 Å². The maximum absolute atomic E-state index is 14.2. The molecule has 0 spiro atoms. The second-order valence-electron chi connectivity index (χ2n) is 10.4. The number of fused-ring (bicyclic) bond motifs is 1. The van der Waals surface area contributed by atoms with Crippen LogP contribution < -0.4 is 10.1 Å². The largest absolute Gasteiger partial charge is 0.481 e. The fraction of sp³-hybridized carbons (Fsp3) is 0.333. The average molecular weight is 489 g/mol. The molecule has 0 saturated heterocycles. The monoisotopic (exact) mass is 488 g/mol. The summed E-state index contributed by atoms with van der Waals surface area (Å²) in [5, 5.41) is 2.87. The van der Waals surface area contributed by atoms with E-state index in [0.717, 1.165) is 16.7 Å². The second kappa shape index (κ2) is 10.1. The summed E-state index contributed by atoms with van der Waals surface area (Å²) in [6.07, 6.45) is -0.0555. The number of anilines is 1. The van der Waals surface area contributed by atoms with E-state index in [2.05, 4.69) is 5.32 Å². The Hall–Kier alpha value is -3.67. The highest BCUT2D eigenvalue weighted by Gasteiger charge is 2.37. The third-order valence-electron chi connectivity index (χ3n) is 6.41. The molecule has 188 valence electrons. The van der Waals surface area contributed by atoms with Crippen molar-refractivity contribution >= 4 is 17.5 Å². The zero-order chi connectivity index (χ0) is 26.0. The molecule has 0 aromatic heterocycles. The van der Waals surface area contributed by atoms with Crippen LogP contribution in [0, 0.1) is 18.2 Å². The number of amides is 2. The number of hydrogen-bond donors (Lipinski definition) is 1. The predicted octanol–water partition coefficient (Wildman–Crippen LogP) is 6.06. The Balaban J connectivity index is 1.63. The molecular formula is C30H33FN2O3. The van der Waals surface area contributed by atoms with Crippen LogP contribution >= 0.6 is 0 Å². The molecule has 1 N–H and O–H groups in total. The van der Waals surface area contributed by atoms with Gasteiger partial charge in [-0.25, -0.2) is 4.39 Å². The summed E-state index contributed by atoms with van der Waals surface area (Å²) in [7, 11) is 0. The van der Waals surface area contributed by atoms with Gasteiger partial charge in [0.1, 0.15) is 11.6 Å². The normalized spacial score (nSPS) is 16.2. The van der Waals surface area contributed by atoms with Gasteiger partial charge < -0.3 is 15.0 Å². The lowest BCUT2D eigenvalue weighted by molar-refractivity contribution is -0.141. The number of nitrogens with one attached hydrogen (secondary N) is 1. The molecule has 6 heteroatoms. The number of carbonyl (C=O) groups is 2. The first kappa shape index (κ1) is 25.4. The van der Waals surface area contributed by atoms with E-state index >= 15 is 0 Å². The Labute approximate surface area is 212 Å². The molecule has 0 radical (unpaired) electrons. The molecule has 2 amide bonds. The van der Waals surface area contributed by atoms with Crippen molar-refractivity contribution in [3.63, 3.8) is 0 Å². The van der Waals surface area contributed by atoms with Crippen molar-refractivity contribution in [3.8, 4) is 5.75 Å². The molecule has 0 unspecified atom stereocenters. The highest BCUT2D eigenvalue weighted by Crippen LogP contribution is 2.39. The molecule has 3 aromatic rings. The van der Waals surface area contributed by atoms with E-state index in [-0.39, 0.29) is 17.6 Å². The van der Waals surface area contributed by atoms with Gasteiger partial charge in [-0.1, -0.05) is 56.7 Å². The van der Waals surface area contributed by atoms with E-state index in [1.807, 2.05) is 81.1 Å². The first-order valence-corrected chi connectivity index (χ1v) is 12.3. The third-order valence-corrected chi connectivity index (χ3v) is 6.41. The van der Waals surface area contributed by atoms with Gasteiger partial charge in [-0.3, -0.25) is 9.59 Å². The van der Waals surface area contributed by atoms with E-state index < -0.39 is 17.6 Å². The first-order valence-electron chi connectivity index (χ1n) is 12.3. The molecule has 36 heavy (non-hydrogen) atoms. The Kier molecular flexibility index (Phi) is 7.16. The molecule has 1 heterocycles. The minimum atomic E-state index is -0.743. The number of rotatable bonds is 5. The van der Waals surface area contributed by atoms with Crippen molar-refractivity contribution in [2.24, 2.45) is 5.41 Å². The van der Waals surface area contributed by atoms with E-state index in [0.29, 0.717) is 30.0 Å². The van der Waals surface area contributed by atoms with Crippen LogP contribution in [0.5, 0.6) is 5.75 Å². The molecule has 4 rings (SSSR count). The summed E-state index contributed by atoms with van der Waals surface area (Å²) in [6.45, 7) is 9.90. The zero-order valence-electron chi connectivity index (χ0n) is 21.5. The van der Waals surface area contributed by atoms with Gasteiger partial charge in [-0.2, -0.15) is 0 Å². The lowest BCUT2D eigenvalue weighted by atomic mass is 9.85. The summed E-state index contributed by atoms with van der Waals surface area (Å²) in [4.78, 5) is 28.0. The van der Waals surface area contributed by atoms with Crippen LogP contribution in [-0.4, -0.2) is 29.4 Å². The minimum Gasteiger partial charge on any atom is -0.481 e. The van der Waals surface area contributed by atoms with Crippen molar-refractivity contribution in [1.29, 1.82) is 0 Å². The van der Waals surface area contributed by atoms with E-state index in [1.54, 1.807) is 13.0 Å². The van der Waals surface area contributed by atoms with Crippen molar-refractivity contribution in [2.75, 3.05) is 11.9 Å². The number of aryl methyl sites for hydroxylation is 1. The van der Waals surface area contributed by atoms with Crippen LogP contribution in [0.1, 0.15) is 56.0 Å². The van der Waals surface area contributed by atoms with Gasteiger partial charge in [0.05, 0.1) is 6.04 Å². The van der Waals surface area contributed by atoms with Crippen LogP contribution in [0.25, 0.3) is 0 Å². The van der Waals surface area contributed by atoms with Gasteiger partial charge in [0, 0.05) is 17.6 Å². The number of carbonyl (C=O) groups excluding carboxylic acids is 2. The van der Waals surface area contributed by atoms with E-state index in [1.165, 1.54) is 12.1 Å². The van der Waals surface area contributed by atoms with Gasteiger partial charge in [0.25, 0.3) is 5.91 Å². The Morgan fingerprint density at radius 2 is 1.78 bits per heavy atom. The van der Waals surface area contributed by atoms with Gasteiger partial charge in [-0.05, 0) is 73.4 Å². The second-order valence-corrected chi connectivity index (χ2v) is 10.4. The van der Waals surface area contributed by atoms with Crippen LogP contribution in [0.4, 0.5) is 10.1 Å². The summed E-state index contributed by atoms with van der Waals surface area (Å²) in [6, 6.07) is 19.2. The molecule has 3 aromatic carbocycles. The van der Waals surface area contributed by atoms with Crippen LogP contribution in [-0.2, 0) is 16.0 Å². The molecule has 2 atom stereocenters. The Morgan fingerprint density at radius 3 is 2.44 bits per heavy atom. The smallest absolute Gasteiger partial charge is 0.265 e. The molecule has 0 fully saturated rings. The van der Waals surface area contributed by atoms with Crippen LogP contribution in [0.15, 0.2) is 66.7 Å². The lowest BCUT2D eigenvalue weighted by Gasteiger charge is -2.41. The SMILES string of the molecule is Cc1ccc(NC(=O)[C@H](C)Oc2ccc3c(c2)[C@@H](c2cccc(F)c2)N(C(=O)C(C)(C)C)CC3)cc1. The maximum Gasteiger partial charge on any atom is 0.265 e. The number of nitrogens with zero attached hydrogens (tertiary/aromatic N) is 1. The maximum atomic E-state index is 14.2. The fourth-order valence-electron chi connectivity index (χ4n) is 4.49.